The van der Waals surface area contributed by atoms with Gasteiger partial charge in [-0.25, -0.2) is 9.98 Å². The molecule has 0 N–H and O–H groups in total. The topological polar surface area (TPSA) is 49.4 Å². The van der Waals surface area contributed by atoms with Gasteiger partial charge in [-0.3, -0.25) is 9.98 Å². The summed E-state index contributed by atoms with van der Waals surface area (Å²) in [4.78, 5) is 16.7. The van der Waals surface area contributed by atoms with Gasteiger partial charge in [-0.15, -0.1) is 0 Å². The zero-order valence-electron chi connectivity index (χ0n) is 18.4. The van der Waals surface area contributed by atoms with E-state index in [1.165, 1.54) is 0 Å². The number of hydrogen-bond donors (Lipinski definition) is 0. The van der Waals surface area contributed by atoms with Crippen molar-refractivity contribution in [2.45, 2.75) is 94.2 Å². The first-order valence-electron chi connectivity index (χ1n) is 8.57. The zero-order valence-corrected chi connectivity index (χ0v) is 19.5. The fourth-order valence-corrected chi connectivity index (χ4v) is 0.927. The van der Waals surface area contributed by atoms with Gasteiger partial charge < -0.3 is 0 Å². The minimum atomic E-state index is -0.0186. The maximum absolute atomic E-state index is 4.24. The van der Waals surface area contributed by atoms with Crippen LogP contribution in [-0.2, 0) is 16.8 Å². The molecule has 0 spiro atoms. The third-order valence-corrected chi connectivity index (χ3v) is 1.95. The summed E-state index contributed by atoms with van der Waals surface area (Å²) in [6, 6.07) is 0. The fourth-order valence-electron chi connectivity index (χ4n) is 0.927. The summed E-state index contributed by atoms with van der Waals surface area (Å²) in [6.07, 6.45) is 7.07. The van der Waals surface area contributed by atoms with Crippen LogP contribution >= 0.6 is 0 Å². The van der Waals surface area contributed by atoms with E-state index in [9.17, 15) is 0 Å². The maximum Gasteiger partial charge on any atom is 0.110 e. The van der Waals surface area contributed by atoms with Crippen LogP contribution in [0.3, 0.4) is 0 Å². The molecular formula is C20H40CoN4. The summed E-state index contributed by atoms with van der Waals surface area (Å²) < 4.78 is 0. The summed E-state index contributed by atoms with van der Waals surface area (Å²) in [5, 5.41) is 0. The first kappa shape index (κ1) is 29.0. The van der Waals surface area contributed by atoms with E-state index in [4.69, 9.17) is 0 Å². The van der Waals surface area contributed by atoms with Gasteiger partial charge in [0.05, 0.1) is 11.1 Å². The van der Waals surface area contributed by atoms with Gasteiger partial charge in [0, 0.05) is 29.2 Å². The summed E-state index contributed by atoms with van der Waals surface area (Å²) in [5.41, 5.74) is 0.248. The summed E-state index contributed by atoms with van der Waals surface area (Å²) >= 11 is 0. The quantitative estimate of drug-likeness (QED) is 0.415. The average molecular weight is 396 g/mol. The van der Waals surface area contributed by atoms with Crippen molar-refractivity contribution in [2.24, 2.45) is 30.8 Å². The van der Waals surface area contributed by atoms with E-state index in [0.29, 0.717) is 0 Å². The molecule has 0 amide bonds. The number of rotatable bonds is 2. The van der Waals surface area contributed by atoms with Gasteiger partial charge in [-0.05, 0) is 52.4 Å². The predicted octanol–water partition coefficient (Wildman–Crippen LogP) is 5.86. The molecule has 0 aliphatic heterocycles. The van der Waals surface area contributed by atoms with Crippen LogP contribution in [-0.4, -0.2) is 36.2 Å². The molecule has 0 heterocycles. The van der Waals surface area contributed by atoms with E-state index in [1.807, 2.05) is 12.4 Å². The van der Waals surface area contributed by atoms with Crippen molar-refractivity contribution in [2.75, 3.05) is 0 Å². The molecule has 0 aliphatic carbocycles. The third kappa shape index (κ3) is 35.2. The summed E-state index contributed by atoms with van der Waals surface area (Å²) in [7, 11) is 0. The van der Waals surface area contributed by atoms with Gasteiger partial charge >= 0.3 is 0 Å². The normalized spacial score (nSPS) is 14.2. The Morgan fingerprint density at radius 2 is 0.720 bits per heavy atom. The van der Waals surface area contributed by atoms with Crippen molar-refractivity contribution in [3.8, 4) is 0 Å². The van der Waals surface area contributed by atoms with Crippen molar-refractivity contribution in [1.29, 1.82) is 0 Å². The van der Waals surface area contributed by atoms with E-state index in [1.54, 1.807) is 12.7 Å². The van der Waals surface area contributed by atoms with E-state index in [-0.39, 0.29) is 38.7 Å². The Morgan fingerprint density at radius 3 is 0.880 bits per heavy atom. The molecule has 25 heavy (non-hydrogen) atoms. The average Bonchev–Trinajstić information content (AvgIpc) is 2.27. The first-order chi connectivity index (χ1) is 10.4. The Hall–Kier alpha value is -0.814. The van der Waals surface area contributed by atoms with Crippen LogP contribution in [0.4, 0.5) is 0 Å². The third-order valence-electron chi connectivity index (χ3n) is 1.95. The molecule has 1 radical (unpaired) electrons. The SMILES string of the molecule is CC(C)(C)C=NC=NC(C)(C)C.CC(C)(C)C=NC=NC(C)(C)C.[Co]. The molecule has 0 aromatic heterocycles. The standard InChI is InChI=1S/2C10H20N2.Co/c2*1-9(2,3)7-11-8-12-10(4,5)6;/h2*7-8H,1-6H3;. The molecule has 0 bridgehead atoms. The molecule has 0 fully saturated rings. The largest absolute Gasteiger partial charge is 0.268 e. The molecule has 0 saturated heterocycles. The molecule has 149 valence electrons. The van der Waals surface area contributed by atoms with Gasteiger partial charge in [-0.2, -0.15) is 0 Å². The molecule has 5 heteroatoms. The molecule has 0 atom stereocenters. The maximum atomic E-state index is 4.24. The molecule has 0 aliphatic rings. The predicted molar refractivity (Wildman–Crippen MR) is 112 cm³/mol. The second kappa shape index (κ2) is 11.7. The monoisotopic (exact) mass is 395 g/mol. The van der Waals surface area contributed by atoms with Gasteiger partial charge in [0.25, 0.3) is 0 Å². The smallest absolute Gasteiger partial charge is 0.110 e. The van der Waals surface area contributed by atoms with Crippen LogP contribution in [0.5, 0.6) is 0 Å². The number of aliphatic imine (C=N–C) groups is 4. The second-order valence-electron chi connectivity index (χ2n) is 10.1. The second-order valence-corrected chi connectivity index (χ2v) is 10.1. The summed E-state index contributed by atoms with van der Waals surface area (Å²) in [5.74, 6) is 0. The Balaban J connectivity index is -0.000000372. The zero-order chi connectivity index (χ0) is 19.7. The Labute approximate surface area is 167 Å². The van der Waals surface area contributed by atoms with E-state index >= 15 is 0 Å². The van der Waals surface area contributed by atoms with Crippen molar-refractivity contribution < 1.29 is 16.8 Å². The van der Waals surface area contributed by atoms with Gasteiger partial charge in [-0.1, -0.05) is 41.5 Å². The van der Waals surface area contributed by atoms with E-state index < -0.39 is 0 Å². The van der Waals surface area contributed by atoms with Crippen molar-refractivity contribution in [1.82, 2.24) is 0 Å². The van der Waals surface area contributed by atoms with Crippen molar-refractivity contribution in [3.63, 3.8) is 0 Å². The van der Waals surface area contributed by atoms with E-state index in [0.717, 1.165) is 0 Å². The van der Waals surface area contributed by atoms with Crippen LogP contribution in [0.1, 0.15) is 83.1 Å². The fraction of sp³-hybridized carbons (Fsp3) is 0.800. The van der Waals surface area contributed by atoms with E-state index in [2.05, 4.69) is 103 Å². The molecule has 0 aromatic carbocycles. The van der Waals surface area contributed by atoms with Gasteiger partial charge in [0.1, 0.15) is 12.7 Å². The molecule has 4 nitrogen and oxygen atoms in total. The number of hydrogen-bond acceptors (Lipinski definition) is 2. The molecular weight excluding hydrogens is 355 g/mol. The minimum absolute atomic E-state index is 0. The molecule has 0 unspecified atom stereocenters. The van der Waals surface area contributed by atoms with Crippen LogP contribution < -0.4 is 0 Å². The van der Waals surface area contributed by atoms with Gasteiger partial charge in [0.2, 0.25) is 0 Å². The Kier molecular flexibility index (Phi) is 13.6. The van der Waals surface area contributed by atoms with Gasteiger partial charge in [0.15, 0.2) is 0 Å². The van der Waals surface area contributed by atoms with Crippen LogP contribution in [0, 0.1) is 10.8 Å². The van der Waals surface area contributed by atoms with Crippen molar-refractivity contribution >= 4 is 25.1 Å². The molecule has 0 saturated carbocycles. The van der Waals surface area contributed by atoms with Crippen molar-refractivity contribution in [3.05, 3.63) is 0 Å². The molecule has 0 rings (SSSR count). The Bertz CT molecular complexity index is 360. The molecule has 0 aromatic rings. The van der Waals surface area contributed by atoms with Crippen LogP contribution in [0.15, 0.2) is 20.0 Å². The van der Waals surface area contributed by atoms with Crippen LogP contribution in [0.2, 0.25) is 0 Å². The van der Waals surface area contributed by atoms with Crippen LogP contribution in [0.25, 0.3) is 0 Å². The first-order valence-corrected chi connectivity index (χ1v) is 8.57. The Morgan fingerprint density at radius 1 is 0.480 bits per heavy atom. The number of nitrogens with zero attached hydrogens (tertiary/aromatic N) is 4. The minimum Gasteiger partial charge on any atom is -0.268 e. The summed E-state index contributed by atoms with van der Waals surface area (Å²) in [6.45, 7) is 25.0.